The quantitative estimate of drug-likeness (QED) is 0.663. The van der Waals surface area contributed by atoms with Crippen LogP contribution in [-0.4, -0.2) is 34.9 Å². The van der Waals surface area contributed by atoms with Crippen LogP contribution >= 0.6 is 0 Å². The van der Waals surface area contributed by atoms with E-state index >= 15 is 0 Å². The Morgan fingerprint density at radius 2 is 2.22 bits per heavy atom. The van der Waals surface area contributed by atoms with Crippen molar-refractivity contribution in [3.05, 3.63) is 34.7 Å². The number of aliphatic hydroxyl groups is 1. The first-order valence-electron chi connectivity index (χ1n) is 5.98. The number of hydrogen-bond acceptors (Lipinski definition) is 3. The maximum Gasteiger partial charge on any atom is 0.314 e. The number of amides is 2. The van der Waals surface area contributed by atoms with E-state index in [-0.39, 0.29) is 24.7 Å². The molecule has 0 aromatic carbocycles. The highest BCUT2D eigenvalue weighted by atomic mass is 16.3. The van der Waals surface area contributed by atoms with Crippen molar-refractivity contribution in [1.29, 1.82) is 0 Å². The summed E-state index contributed by atoms with van der Waals surface area (Å²) in [4.78, 5) is 22.6. The topological polar surface area (TPSA) is 83.4 Å². The van der Waals surface area contributed by atoms with Crippen molar-refractivity contribution in [3.8, 4) is 0 Å². The molecule has 0 aliphatic carbocycles. The highest BCUT2D eigenvalue weighted by Crippen LogP contribution is 1.88. The molecule has 0 bridgehead atoms. The summed E-state index contributed by atoms with van der Waals surface area (Å²) in [6.45, 7) is 2.82. The lowest BCUT2D eigenvalue weighted by Gasteiger charge is -2.13. The molecule has 0 fully saturated rings. The third-order valence-corrected chi connectivity index (χ3v) is 2.34. The monoisotopic (exact) mass is 253 g/mol. The summed E-state index contributed by atoms with van der Waals surface area (Å²) in [7, 11) is 0. The van der Waals surface area contributed by atoms with Gasteiger partial charge in [-0.2, -0.15) is 0 Å². The molecular formula is C12H19N3O3. The predicted molar refractivity (Wildman–Crippen MR) is 68.4 cm³/mol. The molecule has 1 atom stereocenters. The Labute approximate surface area is 106 Å². The van der Waals surface area contributed by atoms with Gasteiger partial charge in [0.25, 0.3) is 5.56 Å². The number of carbonyl (C=O) groups is 1. The molecule has 1 aromatic rings. The molecule has 18 heavy (non-hydrogen) atoms. The third kappa shape index (κ3) is 5.01. The van der Waals surface area contributed by atoms with Crippen molar-refractivity contribution in [1.82, 2.24) is 15.2 Å². The number of aliphatic hydroxyl groups excluding tert-OH is 1. The molecule has 100 valence electrons. The fourth-order valence-electron chi connectivity index (χ4n) is 1.41. The van der Waals surface area contributed by atoms with E-state index in [0.29, 0.717) is 6.54 Å². The van der Waals surface area contributed by atoms with E-state index in [0.717, 1.165) is 6.42 Å². The summed E-state index contributed by atoms with van der Waals surface area (Å²) in [6, 6.07) is 4.47. The van der Waals surface area contributed by atoms with Crippen LogP contribution in [0.2, 0.25) is 0 Å². The van der Waals surface area contributed by atoms with Gasteiger partial charge in [0.05, 0.1) is 12.6 Å². The van der Waals surface area contributed by atoms with E-state index in [1.54, 1.807) is 18.3 Å². The van der Waals surface area contributed by atoms with Crippen LogP contribution in [0.25, 0.3) is 0 Å². The number of urea groups is 1. The molecular weight excluding hydrogens is 234 g/mol. The van der Waals surface area contributed by atoms with Gasteiger partial charge in [0.2, 0.25) is 0 Å². The fraction of sp³-hybridized carbons (Fsp3) is 0.500. The summed E-state index contributed by atoms with van der Waals surface area (Å²) in [5, 5.41) is 14.9. The molecule has 3 N–H and O–H groups in total. The van der Waals surface area contributed by atoms with Gasteiger partial charge in [-0.25, -0.2) is 4.79 Å². The molecule has 0 spiro atoms. The van der Waals surface area contributed by atoms with Crippen molar-refractivity contribution in [3.63, 3.8) is 0 Å². The van der Waals surface area contributed by atoms with Crippen LogP contribution in [-0.2, 0) is 6.54 Å². The standard InChI is InChI=1S/C12H19N3O3/c1-2-6-13-12(18)14-8-10(16)9-15-7-4-3-5-11(15)17/h3-5,7,10,16H,2,6,8-9H2,1H3,(H2,13,14,18). The van der Waals surface area contributed by atoms with Crippen molar-refractivity contribution in [2.75, 3.05) is 13.1 Å². The molecule has 1 unspecified atom stereocenters. The van der Waals surface area contributed by atoms with Gasteiger partial charge in [0, 0.05) is 25.4 Å². The molecule has 1 heterocycles. The van der Waals surface area contributed by atoms with E-state index in [4.69, 9.17) is 0 Å². The second kappa shape index (κ2) is 7.50. The van der Waals surface area contributed by atoms with Crippen LogP contribution in [0.1, 0.15) is 13.3 Å². The number of hydrogen-bond donors (Lipinski definition) is 3. The van der Waals surface area contributed by atoms with Gasteiger partial charge in [-0.05, 0) is 12.5 Å². The Morgan fingerprint density at radius 1 is 1.44 bits per heavy atom. The number of pyridine rings is 1. The van der Waals surface area contributed by atoms with Crippen molar-refractivity contribution >= 4 is 6.03 Å². The van der Waals surface area contributed by atoms with Crippen LogP contribution < -0.4 is 16.2 Å². The maximum atomic E-state index is 11.4. The van der Waals surface area contributed by atoms with Crippen LogP contribution in [0, 0.1) is 0 Å². The van der Waals surface area contributed by atoms with E-state index in [9.17, 15) is 14.7 Å². The normalized spacial score (nSPS) is 11.9. The molecule has 0 aliphatic rings. The second-order valence-corrected chi connectivity index (χ2v) is 3.98. The molecule has 2 amide bonds. The molecule has 1 aromatic heterocycles. The molecule has 6 heteroatoms. The Kier molecular flexibility index (Phi) is 5.93. The zero-order chi connectivity index (χ0) is 13.4. The van der Waals surface area contributed by atoms with E-state index in [1.165, 1.54) is 10.6 Å². The Balaban J connectivity index is 2.34. The average Bonchev–Trinajstić information content (AvgIpc) is 2.36. The van der Waals surface area contributed by atoms with Crippen molar-refractivity contribution in [2.45, 2.75) is 26.0 Å². The zero-order valence-corrected chi connectivity index (χ0v) is 10.4. The lowest BCUT2D eigenvalue weighted by molar-refractivity contribution is 0.150. The minimum absolute atomic E-state index is 0.108. The van der Waals surface area contributed by atoms with Gasteiger partial charge >= 0.3 is 6.03 Å². The van der Waals surface area contributed by atoms with Gasteiger partial charge in [0.15, 0.2) is 0 Å². The third-order valence-electron chi connectivity index (χ3n) is 2.34. The van der Waals surface area contributed by atoms with Crippen LogP contribution in [0.4, 0.5) is 4.79 Å². The van der Waals surface area contributed by atoms with E-state index in [2.05, 4.69) is 10.6 Å². The minimum Gasteiger partial charge on any atom is -0.389 e. The van der Waals surface area contributed by atoms with Gasteiger partial charge in [0.1, 0.15) is 0 Å². The number of carbonyl (C=O) groups excluding carboxylic acids is 1. The first kappa shape index (κ1) is 14.2. The number of nitrogens with zero attached hydrogens (tertiary/aromatic N) is 1. The highest BCUT2D eigenvalue weighted by molar-refractivity contribution is 5.73. The first-order chi connectivity index (χ1) is 8.63. The Morgan fingerprint density at radius 3 is 2.89 bits per heavy atom. The van der Waals surface area contributed by atoms with Crippen molar-refractivity contribution < 1.29 is 9.90 Å². The first-order valence-corrected chi connectivity index (χ1v) is 5.98. The summed E-state index contributed by atoms with van der Waals surface area (Å²) in [5.74, 6) is 0. The number of nitrogens with one attached hydrogen (secondary N) is 2. The predicted octanol–water partition coefficient (Wildman–Crippen LogP) is -0.0816. The molecule has 6 nitrogen and oxygen atoms in total. The molecule has 0 aliphatic heterocycles. The highest BCUT2D eigenvalue weighted by Gasteiger charge is 2.07. The lowest BCUT2D eigenvalue weighted by Crippen LogP contribution is -2.41. The SMILES string of the molecule is CCCNC(=O)NCC(O)Cn1ccccc1=O. The van der Waals surface area contributed by atoms with Gasteiger partial charge in [-0.3, -0.25) is 4.79 Å². The molecule has 0 saturated carbocycles. The summed E-state index contributed by atoms with van der Waals surface area (Å²) < 4.78 is 1.40. The summed E-state index contributed by atoms with van der Waals surface area (Å²) >= 11 is 0. The molecule has 0 saturated heterocycles. The van der Waals surface area contributed by atoms with Gasteiger partial charge in [-0.1, -0.05) is 13.0 Å². The van der Waals surface area contributed by atoms with Gasteiger partial charge in [-0.15, -0.1) is 0 Å². The minimum atomic E-state index is -0.794. The largest absolute Gasteiger partial charge is 0.389 e. The molecule has 1 rings (SSSR count). The van der Waals surface area contributed by atoms with Crippen LogP contribution in [0.5, 0.6) is 0 Å². The number of aromatic nitrogens is 1. The smallest absolute Gasteiger partial charge is 0.314 e. The Bertz CT molecular complexity index is 431. The molecule has 0 radical (unpaired) electrons. The Hall–Kier alpha value is -1.82. The van der Waals surface area contributed by atoms with Gasteiger partial charge < -0.3 is 20.3 Å². The van der Waals surface area contributed by atoms with Crippen molar-refractivity contribution in [2.24, 2.45) is 0 Å². The average molecular weight is 253 g/mol. The van der Waals surface area contributed by atoms with E-state index in [1.807, 2.05) is 6.92 Å². The number of rotatable bonds is 6. The second-order valence-electron chi connectivity index (χ2n) is 3.98. The summed E-state index contributed by atoms with van der Waals surface area (Å²) in [6.07, 6.45) is 1.66. The van der Waals surface area contributed by atoms with Crippen LogP contribution in [0.15, 0.2) is 29.2 Å². The fourth-order valence-corrected chi connectivity index (χ4v) is 1.41. The lowest BCUT2D eigenvalue weighted by atomic mass is 10.3. The zero-order valence-electron chi connectivity index (χ0n) is 10.4. The summed E-state index contributed by atoms with van der Waals surface area (Å²) in [5.41, 5.74) is -0.174. The van der Waals surface area contributed by atoms with E-state index < -0.39 is 6.10 Å². The maximum absolute atomic E-state index is 11.4. The van der Waals surface area contributed by atoms with Crippen LogP contribution in [0.3, 0.4) is 0 Å².